The third-order valence-electron chi connectivity index (χ3n) is 5.10. The topological polar surface area (TPSA) is 92.6 Å². The van der Waals surface area contributed by atoms with Crippen LogP contribution in [-0.2, 0) is 21.9 Å². The van der Waals surface area contributed by atoms with Gasteiger partial charge in [-0.2, -0.15) is 0 Å². The van der Waals surface area contributed by atoms with Gasteiger partial charge in [-0.15, -0.1) is 11.8 Å². The largest absolute Gasteiger partial charge is 0.354 e. The van der Waals surface area contributed by atoms with Crippen LogP contribution < -0.4 is 5.32 Å². The number of hydrogen-bond donors (Lipinski definition) is 1. The highest BCUT2D eigenvalue weighted by Gasteiger charge is 2.29. The van der Waals surface area contributed by atoms with Gasteiger partial charge in [-0.05, 0) is 30.0 Å². The molecule has 2 amide bonds. The van der Waals surface area contributed by atoms with Crippen molar-refractivity contribution in [3.8, 4) is 0 Å². The highest BCUT2D eigenvalue weighted by molar-refractivity contribution is 7.99. The zero-order valence-electron chi connectivity index (χ0n) is 19.4. The minimum absolute atomic E-state index is 0.0193. The van der Waals surface area contributed by atoms with Gasteiger partial charge in [0.15, 0.2) is 0 Å². The third-order valence-corrected chi connectivity index (χ3v) is 6.80. The quantitative estimate of drug-likeness (QED) is 0.282. The molecule has 0 radical (unpaired) electrons. The first-order valence-corrected chi connectivity index (χ1v) is 12.9. The molecule has 1 atom stereocenters. The maximum Gasteiger partial charge on any atom is 0.269 e. The standard InChI is InChI=1S/C24H29Cl2N3O4S/c1-4-22(24(31)27-12-16(2)3)28(13-19-20(25)6-5-7-21(19)26)23(30)15-34-14-17-8-10-18(11-9-17)29(32)33/h5-11,16,22H,4,12-15H2,1-3H3,(H,27,31). The second-order valence-corrected chi connectivity index (χ2v) is 10.0. The monoisotopic (exact) mass is 525 g/mol. The van der Waals surface area contributed by atoms with Gasteiger partial charge in [0.25, 0.3) is 5.69 Å². The molecule has 0 aliphatic heterocycles. The normalized spacial score (nSPS) is 11.8. The maximum atomic E-state index is 13.3. The van der Waals surface area contributed by atoms with E-state index in [-0.39, 0.29) is 35.7 Å². The zero-order valence-corrected chi connectivity index (χ0v) is 21.8. The highest BCUT2D eigenvalue weighted by Crippen LogP contribution is 2.27. The molecule has 0 aromatic heterocycles. The van der Waals surface area contributed by atoms with Crippen molar-refractivity contribution in [2.24, 2.45) is 5.92 Å². The van der Waals surface area contributed by atoms with Crippen LogP contribution >= 0.6 is 35.0 Å². The number of thioether (sulfide) groups is 1. The second-order valence-electron chi connectivity index (χ2n) is 8.20. The van der Waals surface area contributed by atoms with Gasteiger partial charge in [0.1, 0.15) is 6.04 Å². The van der Waals surface area contributed by atoms with E-state index in [1.54, 1.807) is 30.3 Å². The fourth-order valence-corrected chi connectivity index (χ4v) is 4.64. The highest BCUT2D eigenvalue weighted by atomic mass is 35.5. The number of carbonyl (C=O) groups is 2. The van der Waals surface area contributed by atoms with E-state index < -0.39 is 11.0 Å². The summed E-state index contributed by atoms with van der Waals surface area (Å²) in [7, 11) is 0. The number of amides is 2. The van der Waals surface area contributed by atoms with Crippen LogP contribution in [-0.4, -0.2) is 40.0 Å². The van der Waals surface area contributed by atoms with Gasteiger partial charge in [-0.3, -0.25) is 19.7 Å². The van der Waals surface area contributed by atoms with Gasteiger partial charge in [-0.25, -0.2) is 0 Å². The first-order chi connectivity index (χ1) is 16.1. The number of nitrogens with zero attached hydrogens (tertiary/aromatic N) is 2. The SMILES string of the molecule is CCC(C(=O)NCC(C)C)N(Cc1c(Cl)cccc1Cl)C(=O)CSCc1ccc([N+](=O)[O-])cc1. The van der Waals surface area contributed by atoms with E-state index in [2.05, 4.69) is 5.32 Å². The Bertz CT molecular complexity index is 982. The molecule has 0 bridgehead atoms. The summed E-state index contributed by atoms with van der Waals surface area (Å²) in [5.41, 5.74) is 1.48. The van der Waals surface area contributed by atoms with Gasteiger partial charge in [0.05, 0.1) is 10.7 Å². The summed E-state index contributed by atoms with van der Waals surface area (Å²) in [6, 6.07) is 10.7. The van der Waals surface area contributed by atoms with Crippen LogP contribution in [0, 0.1) is 16.0 Å². The van der Waals surface area contributed by atoms with Crippen molar-refractivity contribution in [1.82, 2.24) is 10.2 Å². The number of nitro groups is 1. The average molecular weight is 526 g/mol. The Morgan fingerprint density at radius 3 is 2.26 bits per heavy atom. The first kappa shape index (κ1) is 28.0. The third kappa shape index (κ3) is 8.18. The number of halogens is 2. The summed E-state index contributed by atoms with van der Waals surface area (Å²) in [5.74, 6) is 0.483. The lowest BCUT2D eigenvalue weighted by atomic mass is 10.1. The van der Waals surface area contributed by atoms with Crippen molar-refractivity contribution >= 4 is 52.5 Å². The summed E-state index contributed by atoms with van der Waals surface area (Å²) in [6.45, 7) is 6.49. The molecule has 2 aromatic rings. The Balaban J connectivity index is 2.16. The summed E-state index contributed by atoms with van der Waals surface area (Å²) in [5, 5.41) is 14.6. The molecule has 0 saturated carbocycles. The van der Waals surface area contributed by atoms with Crippen LogP contribution in [0.3, 0.4) is 0 Å². The van der Waals surface area contributed by atoms with Gasteiger partial charge < -0.3 is 10.2 Å². The fourth-order valence-electron chi connectivity index (χ4n) is 3.25. The summed E-state index contributed by atoms with van der Waals surface area (Å²) in [4.78, 5) is 38.1. The molecule has 2 aromatic carbocycles. The molecule has 1 N–H and O–H groups in total. The van der Waals surface area contributed by atoms with Gasteiger partial charge in [0, 0.05) is 46.6 Å². The molecule has 0 heterocycles. The maximum absolute atomic E-state index is 13.3. The van der Waals surface area contributed by atoms with E-state index in [0.717, 1.165) is 5.56 Å². The number of carbonyl (C=O) groups excluding carboxylic acids is 2. The second kappa shape index (κ2) is 13.6. The molecular formula is C24H29Cl2N3O4S. The van der Waals surface area contributed by atoms with Gasteiger partial charge in [0.2, 0.25) is 11.8 Å². The van der Waals surface area contributed by atoms with Crippen molar-refractivity contribution in [2.75, 3.05) is 12.3 Å². The molecule has 0 spiro atoms. The Morgan fingerprint density at radius 1 is 1.12 bits per heavy atom. The number of nitro benzene ring substituents is 1. The van der Waals surface area contributed by atoms with E-state index in [1.165, 1.54) is 28.8 Å². The average Bonchev–Trinajstić information content (AvgIpc) is 2.79. The number of rotatable bonds is 12. The number of non-ortho nitro benzene ring substituents is 1. The number of benzene rings is 2. The van der Waals surface area contributed by atoms with Crippen LogP contribution in [0.5, 0.6) is 0 Å². The molecule has 0 saturated heterocycles. The Kier molecular flexibility index (Phi) is 11.1. The first-order valence-electron chi connectivity index (χ1n) is 10.9. The van der Waals surface area contributed by atoms with Crippen LogP contribution in [0.1, 0.15) is 38.3 Å². The smallest absolute Gasteiger partial charge is 0.269 e. The lowest BCUT2D eigenvalue weighted by molar-refractivity contribution is -0.384. The predicted molar refractivity (Wildman–Crippen MR) is 138 cm³/mol. The van der Waals surface area contributed by atoms with Crippen molar-refractivity contribution in [1.29, 1.82) is 0 Å². The van der Waals surface area contributed by atoms with E-state index >= 15 is 0 Å². The molecule has 0 aliphatic rings. The van der Waals surface area contributed by atoms with Crippen molar-refractivity contribution in [3.63, 3.8) is 0 Å². The van der Waals surface area contributed by atoms with E-state index in [0.29, 0.717) is 34.3 Å². The van der Waals surface area contributed by atoms with Gasteiger partial charge >= 0.3 is 0 Å². The van der Waals surface area contributed by atoms with Crippen LogP contribution in [0.25, 0.3) is 0 Å². The van der Waals surface area contributed by atoms with Crippen molar-refractivity contribution in [3.05, 3.63) is 73.8 Å². The molecule has 0 aliphatic carbocycles. The Labute approximate surface area is 214 Å². The Hall–Kier alpha value is -2.29. The minimum atomic E-state index is -0.668. The molecule has 2 rings (SSSR count). The minimum Gasteiger partial charge on any atom is -0.354 e. The van der Waals surface area contributed by atoms with E-state index in [9.17, 15) is 19.7 Å². The van der Waals surface area contributed by atoms with E-state index in [4.69, 9.17) is 23.2 Å². The van der Waals surface area contributed by atoms with Gasteiger partial charge in [-0.1, -0.05) is 62.2 Å². The zero-order chi connectivity index (χ0) is 25.3. The summed E-state index contributed by atoms with van der Waals surface area (Å²) >= 11 is 14.1. The molecule has 184 valence electrons. The molecule has 34 heavy (non-hydrogen) atoms. The molecule has 10 heteroatoms. The molecule has 0 fully saturated rings. The molecular weight excluding hydrogens is 497 g/mol. The summed E-state index contributed by atoms with van der Waals surface area (Å²) in [6.07, 6.45) is 0.435. The number of nitrogens with one attached hydrogen (secondary N) is 1. The van der Waals surface area contributed by atoms with Crippen LogP contribution in [0.15, 0.2) is 42.5 Å². The van der Waals surface area contributed by atoms with Crippen LogP contribution in [0.4, 0.5) is 5.69 Å². The van der Waals surface area contributed by atoms with Crippen LogP contribution in [0.2, 0.25) is 10.0 Å². The number of hydrogen-bond acceptors (Lipinski definition) is 5. The van der Waals surface area contributed by atoms with Crippen molar-refractivity contribution in [2.45, 2.75) is 45.5 Å². The lowest BCUT2D eigenvalue weighted by Gasteiger charge is -2.31. The van der Waals surface area contributed by atoms with E-state index in [1.807, 2.05) is 20.8 Å². The molecule has 1 unspecified atom stereocenters. The Morgan fingerprint density at radius 2 is 1.74 bits per heavy atom. The summed E-state index contributed by atoms with van der Waals surface area (Å²) < 4.78 is 0. The molecule has 7 nitrogen and oxygen atoms in total. The predicted octanol–water partition coefficient (Wildman–Crippen LogP) is 5.71. The van der Waals surface area contributed by atoms with Crippen molar-refractivity contribution < 1.29 is 14.5 Å². The fraction of sp³-hybridized carbons (Fsp3) is 0.417. The lowest BCUT2D eigenvalue weighted by Crippen LogP contribution is -2.50.